The summed E-state index contributed by atoms with van der Waals surface area (Å²) in [4.78, 5) is 0. The van der Waals surface area contributed by atoms with E-state index in [1.807, 2.05) is 43.4 Å². The SMILES string of the molecule is COCCNc1ccc2c(c(N)nn2C)c1-c1cccc(Cl)c1. The highest BCUT2D eigenvalue weighted by molar-refractivity contribution is 6.31. The Balaban J connectivity index is 2.22. The van der Waals surface area contributed by atoms with Gasteiger partial charge in [-0.05, 0) is 29.8 Å². The molecule has 2 aromatic carbocycles. The fourth-order valence-corrected chi connectivity index (χ4v) is 2.96. The van der Waals surface area contributed by atoms with Crippen LogP contribution in [0.25, 0.3) is 22.0 Å². The molecule has 0 fully saturated rings. The topological polar surface area (TPSA) is 65.1 Å². The molecule has 0 aliphatic carbocycles. The van der Waals surface area contributed by atoms with E-state index in [2.05, 4.69) is 10.4 Å². The van der Waals surface area contributed by atoms with Gasteiger partial charge in [0.25, 0.3) is 0 Å². The number of benzene rings is 2. The number of aromatic nitrogens is 2. The van der Waals surface area contributed by atoms with E-state index < -0.39 is 0 Å². The van der Waals surface area contributed by atoms with E-state index in [1.165, 1.54) is 0 Å². The number of halogens is 1. The van der Waals surface area contributed by atoms with Gasteiger partial charge >= 0.3 is 0 Å². The molecule has 0 aliphatic rings. The molecule has 0 bridgehead atoms. The van der Waals surface area contributed by atoms with Crippen molar-refractivity contribution in [3.05, 3.63) is 41.4 Å². The van der Waals surface area contributed by atoms with Gasteiger partial charge in [0, 0.05) is 37.0 Å². The lowest BCUT2D eigenvalue weighted by Gasteiger charge is -2.14. The first-order chi connectivity index (χ1) is 11.1. The summed E-state index contributed by atoms with van der Waals surface area (Å²) in [5.74, 6) is 0.507. The van der Waals surface area contributed by atoms with Crippen molar-refractivity contribution in [2.45, 2.75) is 0 Å². The van der Waals surface area contributed by atoms with Crippen molar-refractivity contribution in [1.29, 1.82) is 0 Å². The van der Waals surface area contributed by atoms with Crippen molar-refractivity contribution in [1.82, 2.24) is 9.78 Å². The van der Waals surface area contributed by atoms with Crippen LogP contribution in [-0.4, -0.2) is 30.0 Å². The monoisotopic (exact) mass is 330 g/mol. The number of rotatable bonds is 5. The molecule has 1 heterocycles. The zero-order chi connectivity index (χ0) is 16.4. The second kappa shape index (κ2) is 6.48. The smallest absolute Gasteiger partial charge is 0.154 e. The maximum Gasteiger partial charge on any atom is 0.154 e. The third-order valence-electron chi connectivity index (χ3n) is 3.78. The summed E-state index contributed by atoms with van der Waals surface area (Å²) in [6.07, 6.45) is 0. The van der Waals surface area contributed by atoms with Gasteiger partial charge in [-0.15, -0.1) is 0 Å². The second-order valence-corrected chi connectivity index (χ2v) is 5.76. The van der Waals surface area contributed by atoms with Gasteiger partial charge in [-0.2, -0.15) is 5.10 Å². The normalized spacial score (nSPS) is 11.1. The van der Waals surface area contributed by atoms with Gasteiger partial charge in [0.2, 0.25) is 0 Å². The van der Waals surface area contributed by atoms with E-state index in [0.717, 1.165) is 27.7 Å². The standard InChI is InChI=1S/C17H19ClN4O/c1-22-14-7-6-13(20-8-9-23-2)15(16(14)17(19)21-22)11-4-3-5-12(18)10-11/h3-7,10,20H,8-9H2,1-2H3,(H2,19,21). The summed E-state index contributed by atoms with van der Waals surface area (Å²) in [6, 6.07) is 11.8. The molecule has 0 radical (unpaired) electrons. The Kier molecular flexibility index (Phi) is 4.41. The second-order valence-electron chi connectivity index (χ2n) is 5.32. The zero-order valence-corrected chi connectivity index (χ0v) is 13.9. The molecule has 6 heteroatoms. The van der Waals surface area contributed by atoms with E-state index >= 15 is 0 Å². The molecule has 0 saturated heterocycles. The van der Waals surface area contributed by atoms with Crippen LogP contribution in [0, 0.1) is 0 Å². The minimum atomic E-state index is 0.507. The number of nitrogens with two attached hydrogens (primary N) is 1. The van der Waals surface area contributed by atoms with Crippen LogP contribution < -0.4 is 11.1 Å². The number of fused-ring (bicyclic) bond motifs is 1. The summed E-state index contributed by atoms with van der Waals surface area (Å²) in [5.41, 5.74) is 10.1. The molecule has 0 spiro atoms. The number of hydrogen-bond donors (Lipinski definition) is 2. The van der Waals surface area contributed by atoms with Gasteiger partial charge in [-0.1, -0.05) is 23.7 Å². The Morgan fingerprint density at radius 1 is 1.30 bits per heavy atom. The largest absolute Gasteiger partial charge is 0.383 e. The average molecular weight is 331 g/mol. The highest BCUT2D eigenvalue weighted by Gasteiger charge is 2.16. The predicted molar refractivity (Wildman–Crippen MR) is 95.9 cm³/mol. The van der Waals surface area contributed by atoms with Gasteiger partial charge in [0.15, 0.2) is 5.82 Å². The summed E-state index contributed by atoms with van der Waals surface area (Å²) in [6.45, 7) is 1.32. The van der Waals surface area contributed by atoms with Gasteiger partial charge < -0.3 is 15.8 Å². The van der Waals surface area contributed by atoms with Crippen LogP contribution in [0.4, 0.5) is 11.5 Å². The molecule has 3 rings (SSSR count). The Bertz CT molecular complexity index is 844. The van der Waals surface area contributed by atoms with Crippen LogP contribution in [0.15, 0.2) is 36.4 Å². The first-order valence-electron chi connectivity index (χ1n) is 7.35. The number of nitrogens with zero attached hydrogens (tertiary/aromatic N) is 2. The van der Waals surface area contributed by atoms with Crippen molar-refractivity contribution in [3.8, 4) is 11.1 Å². The van der Waals surface area contributed by atoms with Crippen LogP contribution in [0.3, 0.4) is 0 Å². The third-order valence-corrected chi connectivity index (χ3v) is 4.02. The van der Waals surface area contributed by atoms with Gasteiger partial charge in [-0.3, -0.25) is 4.68 Å². The molecule has 0 saturated carbocycles. The number of hydrogen-bond acceptors (Lipinski definition) is 4. The molecule has 23 heavy (non-hydrogen) atoms. The Hall–Kier alpha value is -2.24. The van der Waals surface area contributed by atoms with Crippen molar-refractivity contribution >= 4 is 34.0 Å². The molecule has 0 unspecified atom stereocenters. The molecular weight excluding hydrogens is 312 g/mol. The Labute approximate surface area is 140 Å². The van der Waals surface area contributed by atoms with Gasteiger partial charge in [-0.25, -0.2) is 0 Å². The summed E-state index contributed by atoms with van der Waals surface area (Å²) < 4.78 is 6.91. The molecule has 3 N–H and O–H groups in total. The summed E-state index contributed by atoms with van der Waals surface area (Å²) in [5, 5.41) is 9.36. The van der Waals surface area contributed by atoms with Crippen LogP contribution >= 0.6 is 11.6 Å². The molecule has 0 atom stereocenters. The van der Waals surface area contributed by atoms with Crippen LogP contribution in [-0.2, 0) is 11.8 Å². The minimum absolute atomic E-state index is 0.507. The number of nitrogen functional groups attached to an aromatic ring is 1. The van der Waals surface area contributed by atoms with Crippen LogP contribution in [0.1, 0.15) is 0 Å². The summed E-state index contributed by atoms with van der Waals surface area (Å²) >= 11 is 6.18. The number of ether oxygens (including phenoxy) is 1. The molecular formula is C17H19ClN4O. The van der Waals surface area contributed by atoms with Crippen molar-refractivity contribution in [2.24, 2.45) is 7.05 Å². The fourth-order valence-electron chi connectivity index (χ4n) is 2.77. The third kappa shape index (κ3) is 2.98. The minimum Gasteiger partial charge on any atom is -0.383 e. The van der Waals surface area contributed by atoms with E-state index in [-0.39, 0.29) is 0 Å². The van der Waals surface area contributed by atoms with Crippen molar-refractivity contribution in [2.75, 3.05) is 31.3 Å². The van der Waals surface area contributed by atoms with E-state index in [4.69, 9.17) is 22.1 Å². The Morgan fingerprint density at radius 2 is 2.13 bits per heavy atom. The van der Waals surface area contributed by atoms with Crippen LogP contribution in [0.2, 0.25) is 5.02 Å². The van der Waals surface area contributed by atoms with Crippen molar-refractivity contribution < 1.29 is 4.74 Å². The van der Waals surface area contributed by atoms with E-state index in [9.17, 15) is 0 Å². The maximum atomic E-state index is 6.18. The number of aryl methyl sites for hydroxylation is 1. The number of methoxy groups -OCH3 is 1. The number of anilines is 2. The molecule has 5 nitrogen and oxygen atoms in total. The quantitative estimate of drug-likeness (QED) is 0.702. The lowest BCUT2D eigenvalue weighted by molar-refractivity contribution is 0.211. The van der Waals surface area contributed by atoms with Crippen LogP contribution in [0.5, 0.6) is 0 Å². The Morgan fingerprint density at radius 3 is 2.87 bits per heavy atom. The average Bonchev–Trinajstić information content (AvgIpc) is 2.82. The maximum absolute atomic E-state index is 6.18. The van der Waals surface area contributed by atoms with Gasteiger partial charge in [0.05, 0.1) is 17.5 Å². The first-order valence-corrected chi connectivity index (χ1v) is 7.73. The van der Waals surface area contributed by atoms with E-state index in [1.54, 1.807) is 11.8 Å². The molecule has 120 valence electrons. The van der Waals surface area contributed by atoms with Gasteiger partial charge in [0.1, 0.15) is 0 Å². The first kappa shape index (κ1) is 15.6. The summed E-state index contributed by atoms with van der Waals surface area (Å²) in [7, 11) is 3.57. The molecule has 0 aliphatic heterocycles. The molecule has 3 aromatic rings. The molecule has 0 amide bonds. The highest BCUT2D eigenvalue weighted by Crippen LogP contribution is 2.39. The van der Waals surface area contributed by atoms with E-state index in [0.29, 0.717) is 24.0 Å². The molecule has 1 aromatic heterocycles. The fraction of sp³-hybridized carbons (Fsp3) is 0.235. The van der Waals surface area contributed by atoms with Crippen molar-refractivity contribution in [3.63, 3.8) is 0 Å². The highest BCUT2D eigenvalue weighted by atomic mass is 35.5. The predicted octanol–water partition coefficient (Wildman–Crippen LogP) is 3.53. The zero-order valence-electron chi connectivity index (χ0n) is 13.1. The lowest BCUT2D eigenvalue weighted by Crippen LogP contribution is -2.08. The number of nitrogens with one attached hydrogen (secondary N) is 1. The lowest BCUT2D eigenvalue weighted by atomic mass is 9.99.